The molecule has 3 nitrogen and oxygen atoms in total. The molecule has 84 valence electrons. The van der Waals surface area contributed by atoms with Crippen LogP contribution >= 0.6 is 0 Å². The Morgan fingerprint density at radius 2 is 2.00 bits per heavy atom. The number of rotatable bonds is 9. The van der Waals surface area contributed by atoms with Crippen LogP contribution in [-0.4, -0.2) is 25.7 Å². The maximum absolute atomic E-state index is 11.2. The van der Waals surface area contributed by atoms with Gasteiger partial charge in [-0.1, -0.05) is 19.8 Å². The second kappa shape index (κ2) is 10.5. The third-order valence-electron chi connectivity index (χ3n) is 2.00. The van der Waals surface area contributed by atoms with Gasteiger partial charge >= 0.3 is 0 Å². The predicted molar refractivity (Wildman–Crippen MR) is 58.3 cm³/mol. The maximum Gasteiger partial charge on any atom is 0.220 e. The lowest BCUT2D eigenvalue weighted by Gasteiger charge is -2.04. The third kappa shape index (κ3) is 9.52. The van der Waals surface area contributed by atoms with Gasteiger partial charge in [-0.05, 0) is 19.8 Å². The molecule has 1 amide bonds. The van der Waals surface area contributed by atoms with Gasteiger partial charge in [0.2, 0.25) is 5.91 Å². The van der Waals surface area contributed by atoms with Crippen molar-refractivity contribution < 1.29 is 9.53 Å². The van der Waals surface area contributed by atoms with E-state index in [1.165, 1.54) is 12.8 Å². The fourth-order valence-electron chi connectivity index (χ4n) is 1.17. The summed E-state index contributed by atoms with van der Waals surface area (Å²) >= 11 is 0. The summed E-state index contributed by atoms with van der Waals surface area (Å²) in [7, 11) is 0. The molecule has 0 fully saturated rings. The molecule has 0 saturated carbocycles. The van der Waals surface area contributed by atoms with Crippen molar-refractivity contribution in [1.82, 2.24) is 5.32 Å². The topological polar surface area (TPSA) is 38.3 Å². The highest BCUT2D eigenvalue weighted by atomic mass is 16.5. The van der Waals surface area contributed by atoms with Crippen LogP contribution in [-0.2, 0) is 9.53 Å². The van der Waals surface area contributed by atoms with Crippen LogP contribution < -0.4 is 5.32 Å². The molecule has 0 unspecified atom stereocenters. The number of hydrogen-bond acceptors (Lipinski definition) is 2. The van der Waals surface area contributed by atoms with E-state index in [0.29, 0.717) is 13.0 Å². The van der Waals surface area contributed by atoms with Gasteiger partial charge in [-0.2, -0.15) is 0 Å². The highest BCUT2D eigenvalue weighted by molar-refractivity contribution is 5.75. The van der Waals surface area contributed by atoms with E-state index in [0.717, 1.165) is 26.0 Å². The van der Waals surface area contributed by atoms with Crippen molar-refractivity contribution >= 4 is 5.91 Å². The highest BCUT2D eigenvalue weighted by Crippen LogP contribution is 1.93. The SMILES string of the molecule is CCCCCNC(=O)CCCOCC. The Bertz CT molecular complexity index is 123. The molecule has 0 aromatic carbocycles. The molecule has 0 aromatic rings. The van der Waals surface area contributed by atoms with Crippen LogP contribution in [0, 0.1) is 0 Å². The second-order valence-corrected chi connectivity index (χ2v) is 3.36. The molecule has 0 aromatic heterocycles. The number of hydrogen-bond donors (Lipinski definition) is 1. The molecule has 0 bridgehead atoms. The van der Waals surface area contributed by atoms with Crippen LogP contribution in [0.5, 0.6) is 0 Å². The summed E-state index contributed by atoms with van der Waals surface area (Å²) < 4.78 is 5.15. The van der Waals surface area contributed by atoms with Crippen LogP contribution in [0.25, 0.3) is 0 Å². The molecule has 0 spiro atoms. The van der Waals surface area contributed by atoms with Crippen LogP contribution in [0.15, 0.2) is 0 Å². The normalized spacial score (nSPS) is 10.1. The first-order valence-electron chi connectivity index (χ1n) is 5.65. The lowest BCUT2D eigenvalue weighted by Crippen LogP contribution is -2.24. The summed E-state index contributed by atoms with van der Waals surface area (Å²) in [6.07, 6.45) is 4.90. The van der Waals surface area contributed by atoms with Crippen molar-refractivity contribution in [3.63, 3.8) is 0 Å². The zero-order valence-electron chi connectivity index (χ0n) is 9.47. The monoisotopic (exact) mass is 201 g/mol. The molecule has 0 radical (unpaired) electrons. The highest BCUT2D eigenvalue weighted by Gasteiger charge is 1.99. The van der Waals surface area contributed by atoms with E-state index < -0.39 is 0 Å². The Morgan fingerprint density at radius 1 is 1.21 bits per heavy atom. The molecular weight excluding hydrogens is 178 g/mol. The van der Waals surface area contributed by atoms with Crippen molar-refractivity contribution in [2.75, 3.05) is 19.8 Å². The van der Waals surface area contributed by atoms with Crippen molar-refractivity contribution in [1.29, 1.82) is 0 Å². The number of unbranched alkanes of at least 4 members (excludes halogenated alkanes) is 2. The molecule has 0 atom stereocenters. The quantitative estimate of drug-likeness (QED) is 0.580. The van der Waals surface area contributed by atoms with E-state index >= 15 is 0 Å². The Balaban J connectivity index is 3.11. The molecular formula is C11H23NO2. The van der Waals surface area contributed by atoms with E-state index in [9.17, 15) is 4.79 Å². The molecule has 0 rings (SSSR count). The van der Waals surface area contributed by atoms with Crippen LogP contribution in [0.4, 0.5) is 0 Å². The van der Waals surface area contributed by atoms with Gasteiger partial charge in [0.1, 0.15) is 0 Å². The zero-order chi connectivity index (χ0) is 10.6. The lowest BCUT2D eigenvalue weighted by molar-refractivity contribution is -0.121. The predicted octanol–water partition coefficient (Wildman–Crippen LogP) is 2.11. The number of carbonyl (C=O) groups is 1. The molecule has 14 heavy (non-hydrogen) atoms. The minimum Gasteiger partial charge on any atom is -0.382 e. The van der Waals surface area contributed by atoms with Crippen molar-refractivity contribution in [3.05, 3.63) is 0 Å². The average molecular weight is 201 g/mol. The van der Waals surface area contributed by atoms with E-state index in [4.69, 9.17) is 4.74 Å². The maximum atomic E-state index is 11.2. The minimum absolute atomic E-state index is 0.154. The van der Waals surface area contributed by atoms with Gasteiger partial charge in [0.15, 0.2) is 0 Å². The van der Waals surface area contributed by atoms with Gasteiger partial charge in [0.05, 0.1) is 0 Å². The zero-order valence-corrected chi connectivity index (χ0v) is 9.47. The Labute approximate surface area is 87.2 Å². The summed E-state index contributed by atoms with van der Waals surface area (Å²) in [5.41, 5.74) is 0. The number of ether oxygens (including phenoxy) is 1. The lowest BCUT2D eigenvalue weighted by atomic mass is 10.2. The van der Waals surface area contributed by atoms with Gasteiger partial charge in [-0.15, -0.1) is 0 Å². The standard InChI is InChI=1S/C11H23NO2/c1-3-5-6-9-12-11(13)8-7-10-14-4-2/h3-10H2,1-2H3,(H,12,13). The Kier molecular flexibility index (Phi) is 10.1. The second-order valence-electron chi connectivity index (χ2n) is 3.36. The number of nitrogens with one attached hydrogen (secondary N) is 1. The summed E-state index contributed by atoms with van der Waals surface area (Å²) in [5, 5.41) is 2.90. The fraction of sp³-hybridized carbons (Fsp3) is 0.909. The summed E-state index contributed by atoms with van der Waals surface area (Å²) in [5.74, 6) is 0.154. The van der Waals surface area contributed by atoms with Crippen LogP contribution in [0.3, 0.4) is 0 Å². The van der Waals surface area contributed by atoms with E-state index in [1.807, 2.05) is 6.92 Å². The number of carbonyl (C=O) groups excluding carboxylic acids is 1. The first-order chi connectivity index (χ1) is 6.81. The summed E-state index contributed by atoms with van der Waals surface area (Å²) in [4.78, 5) is 11.2. The first-order valence-corrected chi connectivity index (χ1v) is 5.65. The van der Waals surface area contributed by atoms with Gasteiger partial charge in [0, 0.05) is 26.2 Å². The summed E-state index contributed by atoms with van der Waals surface area (Å²) in [6, 6.07) is 0. The molecule has 0 aliphatic rings. The van der Waals surface area contributed by atoms with Crippen LogP contribution in [0.2, 0.25) is 0 Å². The third-order valence-corrected chi connectivity index (χ3v) is 2.00. The van der Waals surface area contributed by atoms with E-state index in [2.05, 4.69) is 12.2 Å². The first kappa shape index (κ1) is 13.4. The largest absolute Gasteiger partial charge is 0.382 e. The van der Waals surface area contributed by atoms with Crippen molar-refractivity contribution in [2.24, 2.45) is 0 Å². The Hall–Kier alpha value is -0.570. The van der Waals surface area contributed by atoms with Gasteiger partial charge in [-0.3, -0.25) is 4.79 Å². The smallest absolute Gasteiger partial charge is 0.220 e. The number of amides is 1. The van der Waals surface area contributed by atoms with Gasteiger partial charge in [-0.25, -0.2) is 0 Å². The molecule has 3 heteroatoms. The molecule has 0 aliphatic heterocycles. The van der Waals surface area contributed by atoms with E-state index in [1.54, 1.807) is 0 Å². The van der Waals surface area contributed by atoms with E-state index in [-0.39, 0.29) is 5.91 Å². The van der Waals surface area contributed by atoms with Gasteiger partial charge in [0.25, 0.3) is 0 Å². The molecule has 0 saturated heterocycles. The van der Waals surface area contributed by atoms with Crippen molar-refractivity contribution in [2.45, 2.75) is 46.0 Å². The van der Waals surface area contributed by atoms with Crippen molar-refractivity contribution in [3.8, 4) is 0 Å². The Morgan fingerprint density at radius 3 is 2.64 bits per heavy atom. The molecule has 1 N–H and O–H groups in total. The molecule has 0 aliphatic carbocycles. The fourth-order valence-corrected chi connectivity index (χ4v) is 1.17. The summed E-state index contributed by atoms with van der Waals surface area (Å²) in [6.45, 7) is 6.37. The molecule has 0 heterocycles. The average Bonchev–Trinajstić information content (AvgIpc) is 2.19. The van der Waals surface area contributed by atoms with Gasteiger partial charge < -0.3 is 10.1 Å². The van der Waals surface area contributed by atoms with Crippen LogP contribution in [0.1, 0.15) is 46.0 Å². The minimum atomic E-state index is 0.154.